The molecular formula is C18H23N5O. The van der Waals surface area contributed by atoms with E-state index >= 15 is 0 Å². The van der Waals surface area contributed by atoms with E-state index in [0.717, 1.165) is 30.9 Å². The lowest BCUT2D eigenvalue weighted by Gasteiger charge is -2.35. The van der Waals surface area contributed by atoms with Crippen LogP contribution in [-0.2, 0) is 11.3 Å². The van der Waals surface area contributed by atoms with Crippen molar-refractivity contribution in [3.63, 3.8) is 0 Å². The molecule has 0 unspecified atom stereocenters. The van der Waals surface area contributed by atoms with E-state index in [9.17, 15) is 4.79 Å². The van der Waals surface area contributed by atoms with E-state index in [2.05, 4.69) is 32.3 Å². The molecule has 6 heteroatoms. The van der Waals surface area contributed by atoms with Gasteiger partial charge in [0.15, 0.2) is 0 Å². The molecule has 1 saturated heterocycles. The largest absolute Gasteiger partial charge is 0.368 e. The third kappa shape index (κ3) is 4.08. The number of anilines is 2. The van der Waals surface area contributed by atoms with E-state index in [0.29, 0.717) is 5.95 Å². The van der Waals surface area contributed by atoms with Crippen LogP contribution in [-0.4, -0.2) is 27.3 Å². The number of nitrogens with two attached hydrogens (primary N) is 1. The summed E-state index contributed by atoms with van der Waals surface area (Å²) < 4.78 is 0. The number of hydrogen-bond acceptors (Lipinski definition) is 5. The van der Waals surface area contributed by atoms with Crippen LogP contribution in [0.1, 0.15) is 43.5 Å². The Hall–Kier alpha value is -2.47. The fraction of sp³-hybridized carbons (Fsp3) is 0.389. The predicted octanol–water partition coefficient (Wildman–Crippen LogP) is 2.74. The molecule has 24 heavy (non-hydrogen) atoms. The van der Waals surface area contributed by atoms with E-state index in [1.807, 2.05) is 18.2 Å². The lowest BCUT2D eigenvalue weighted by molar-refractivity contribution is -0.114. The second-order valence-electron chi connectivity index (χ2n) is 6.20. The minimum Gasteiger partial charge on any atom is -0.368 e. The monoisotopic (exact) mass is 325 g/mol. The number of nitrogens with one attached hydrogen (secondary N) is 1. The summed E-state index contributed by atoms with van der Waals surface area (Å²) in [5.41, 5.74) is 8.79. The Labute approximate surface area is 142 Å². The Bertz CT molecular complexity index is 701. The van der Waals surface area contributed by atoms with E-state index in [1.54, 1.807) is 6.20 Å². The van der Waals surface area contributed by atoms with Gasteiger partial charge in [-0.05, 0) is 43.1 Å². The fourth-order valence-corrected chi connectivity index (χ4v) is 3.22. The van der Waals surface area contributed by atoms with Gasteiger partial charge in [-0.15, -0.1) is 0 Å². The van der Waals surface area contributed by atoms with Crippen molar-refractivity contribution < 1.29 is 4.79 Å². The topological polar surface area (TPSA) is 84.1 Å². The Morgan fingerprint density at radius 2 is 2.08 bits per heavy atom. The maximum Gasteiger partial charge on any atom is 0.221 e. The molecule has 1 aromatic heterocycles. The van der Waals surface area contributed by atoms with Crippen LogP contribution in [0.5, 0.6) is 0 Å². The van der Waals surface area contributed by atoms with Gasteiger partial charge in [-0.2, -0.15) is 0 Å². The van der Waals surface area contributed by atoms with Gasteiger partial charge in [0.2, 0.25) is 11.9 Å². The number of piperidine rings is 1. The van der Waals surface area contributed by atoms with Gasteiger partial charge in [-0.1, -0.05) is 18.6 Å². The summed E-state index contributed by atoms with van der Waals surface area (Å²) in [6, 6.07) is 10.2. The van der Waals surface area contributed by atoms with Crippen LogP contribution in [0.4, 0.5) is 11.6 Å². The summed E-state index contributed by atoms with van der Waals surface area (Å²) in [6.07, 6.45) is 5.21. The Balaban J connectivity index is 1.73. The quantitative estimate of drug-likeness (QED) is 0.903. The second-order valence-corrected chi connectivity index (χ2v) is 6.20. The third-order valence-corrected chi connectivity index (χ3v) is 4.31. The van der Waals surface area contributed by atoms with Gasteiger partial charge >= 0.3 is 0 Å². The van der Waals surface area contributed by atoms with Gasteiger partial charge in [0.1, 0.15) is 0 Å². The molecule has 0 aliphatic carbocycles. The number of hydrogen-bond donors (Lipinski definition) is 2. The SMILES string of the molecule is CC(=O)Nc1ccc(CN2CCCC[C@@H]2c2ccnc(N)n2)cc1. The van der Waals surface area contributed by atoms with Gasteiger partial charge in [-0.3, -0.25) is 9.69 Å². The molecule has 1 amide bonds. The van der Waals surface area contributed by atoms with Crippen molar-refractivity contribution in [2.24, 2.45) is 0 Å². The zero-order valence-electron chi connectivity index (χ0n) is 13.9. The maximum absolute atomic E-state index is 11.1. The van der Waals surface area contributed by atoms with Gasteiger partial charge in [-0.25, -0.2) is 9.97 Å². The summed E-state index contributed by atoms with van der Waals surface area (Å²) in [7, 11) is 0. The fourth-order valence-electron chi connectivity index (χ4n) is 3.22. The molecule has 0 radical (unpaired) electrons. The Morgan fingerprint density at radius 1 is 1.29 bits per heavy atom. The molecule has 6 nitrogen and oxygen atoms in total. The summed E-state index contributed by atoms with van der Waals surface area (Å²) >= 11 is 0. The van der Waals surface area contributed by atoms with E-state index in [1.165, 1.54) is 25.3 Å². The smallest absolute Gasteiger partial charge is 0.221 e. The van der Waals surface area contributed by atoms with Crippen LogP contribution < -0.4 is 11.1 Å². The van der Waals surface area contributed by atoms with Crippen molar-refractivity contribution >= 4 is 17.5 Å². The van der Waals surface area contributed by atoms with Crippen LogP contribution in [0.15, 0.2) is 36.5 Å². The molecule has 0 bridgehead atoms. The van der Waals surface area contributed by atoms with Crippen molar-refractivity contribution in [2.75, 3.05) is 17.6 Å². The molecule has 2 heterocycles. The van der Waals surface area contributed by atoms with Crippen LogP contribution in [0.2, 0.25) is 0 Å². The molecule has 126 valence electrons. The minimum atomic E-state index is -0.0554. The highest BCUT2D eigenvalue weighted by Crippen LogP contribution is 2.31. The molecule has 1 aromatic carbocycles. The van der Waals surface area contributed by atoms with Crippen molar-refractivity contribution in [2.45, 2.75) is 38.8 Å². The minimum absolute atomic E-state index is 0.0554. The zero-order valence-corrected chi connectivity index (χ0v) is 13.9. The van der Waals surface area contributed by atoms with Crippen molar-refractivity contribution in [1.82, 2.24) is 14.9 Å². The molecule has 1 aliphatic heterocycles. The maximum atomic E-state index is 11.1. The Kier molecular flexibility index (Phi) is 5.05. The first-order valence-corrected chi connectivity index (χ1v) is 8.31. The highest BCUT2D eigenvalue weighted by Gasteiger charge is 2.25. The summed E-state index contributed by atoms with van der Waals surface area (Å²) in [5.74, 6) is 0.276. The van der Waals surface area contributed by atoms with Crippen LogP contribution in [0, 0.1) is 0 Å². The molecule has 2 aromatic rings. The summed E-state index contributed by atoms with van der Waals surface area (Å²) in [5, 5.41) is 2.79. The highest BCUT2D eigenvalue weighted by molar-refractivity contribution is 5.88. The molecule has 1 aliphatic rings. The van der Waals surface area contributed by atoms with Gasteiger partial charge in [0.25, 0.3) is 0 Å². The van der Waals surface area contributed by atoms with Gasteiger partial charge in [0, 0.05) is 25.4 Å². The average Bonchev–Trinajstić information content (AvgIpc) is 2.57. The van der Waals surface area contributed by atoms with Crippen molar-refractivity contribution in [3.05, 3.63) is 47.8 Å². The zero-order chi connectivity index (χ0) is 16.9. The van der Waals surface area contributed by atoms with Crippen LogP contribution in [0.25, 0.3) is 0 Å². The first-order valence-electron chi connectivity index (χ1n) is 8.31. The molecule has 0 saturated carbocycles. The number of benzene rings is 1. The van der Waals surface area contributed by atoms with E-state index in [-0.39, 0.29) is 11.9 Å². The molecule has 1 fully saturated rings. The summed E-state index contributed by atoms with van der Waals surface area (Å²) in [4.78, 5) is 21.9. The second kappa shape index (κ2) is 7.40. The van der Waals surface area contributed by atoms with Gasteiger partial charge < -0.3 is 11.1 Å². The standard InChI is InChI=1S/C18H23N5O/c1-13(24)21-15-7-5-14(6-8-15)12-23-11-3-2-4-17(23)16-9-10-20-18(19)22-16/h5-10,17H,2-4,11-12H2,1H3,(H,21,24)(H2,19,20,22)/t17-/m1/s1. The van der Waals surface area contributed by atoms with Crippen molar-refractivity contribution in [3.8, 4) is 0 Å². The van der Waals surface area contributed by atoms with Crippen LogP contribution in [0.3, 0.4) is 0 Å². The van der Waals surface area contributed by atoms with Crippen molar-refractivity contribution in [1.29, 1.82) is 0 Å². The van der Waals surface area contributed by atoms with Crippen LogP contribution >= 0.6 is 0 Å². The Morgan fingerprint density at radius 3 is 2.79 bits per heavy atom. The molecular weight excluding hydrogens is 302 g/mol. The number of carbonyl (C=O) groups excluding carboxylic acids is 1. The number of carbonyl (C=O) groups is 1. The molecule has 0 spiro atoms. The number of likely N-dealkylation sites (tertiary alicyclic amines) is 1. The number of rotatable bonds is 4. The lowest BCUT2D eigenvalue weighted by Crippen LogP contribution is -2.33. The first kappa shape index (κ1) is 16.4. The molecule has 1 atom stereocenters. The molecule has 3 N–H and O–H groups in total. The third-order valence-electron chi connectivity index (χ3n) is 4.31. The first-order chi connectivity index (χ1) is 11.6. The molecule has 3 rings (SSSR count). The summed E-state index contributed by atoms with van der Waals surface area (Å²) in [6.45, 7) is 3.41. The van der Waals surface area contributed by atoms with E-state index < -0.39 is 0 Å². The number of amides is 1. The predicted molar refractivity (Wildman–Crippen MR) is 94.2 cm³/mol. The van der Waals surface area contributed by atoms with E-state index in [4.69, 9.17) is 5.73 Å². The average molecular weight is 325 g/mol. The number of nitrogen functional groups attached to an aromatic ring is 1. The van der Waals surface area contributed by atoms with Gasteiger partial charge in [0.05, 0.1) is 11.7 Å². The normalized spacial score (nSPS) is 18.3. The number of aromatic nitrogens is 2. The highest BCUT2D eigenvalue weighted by atomic mass is 16.1. The number of nitrogens with zero attached hydrogens (tertiary/aromatic N) is 3. The lowest BCUT2D eigenvalue weighted by atomic mass is 9.98.